The highest BCUT2D eigenvalue weighted by atomic mass is 35.5. The van der Waals surface area contributed by atoms with E-state index >= 15 is 0 Å². The summed E-state index contributed by atoms with van der Waals surface area (Å²) in [6, 6.07) is 9.25. The van der Waals surface area contributed by atoms with Gasteiger partial charge in [0, 0.05) is 41.6 Å². The van der Waals surface area contributed by atoms with Gasteiger partial charge in [0.1, 0.15) is 5.65 Å². The van der Waals surface area contributed by atoms with Gasteiger partial charge in [-0.1, -0.05) is 31.5 Å². The number of halogens is 1. The summed E-state index contributed by atoms with van der Waals surface area (Å²) in [5.74, 6) is 0.542. The average Bonchev–Trinajstić information content (AvgIpc) is 2.95. The lowest BCUT2D eigenvalue weighted by molar-refractivity contribution is 0.252. The van der Waals surface area contributed by atoms with Crippen LogP contribution < -0.4 is 10.6 Å². The Morgan fingerprint density at radius 3 is 2.89 bits per heavy atom. The van der Waals surface area contributed by atoms with Gasteiger partial charge >= 0.3 is 6.03 Å². The molecule has 0 bridgehead atoms. The maximum atomic E-state index is 12.2. The van der Waals surface area contributed by atoms with Gasteiger partial charge in [-0.15, -0.1) is 0 Å². The van der Waals surface area contributed by atoms with Crippen molar-refractivity contribution in [2.45, 2.75) is 33.7 Å². The van der Waals surface area contributed by atoms with E-state index < -0.39 is 0 Å². The number of carbonyl (C=O) groups is 1. The molecule has 0 aliphatic rings. The highest BCUT2D eigenvalue weighted by Gasteiger charge is 2.11. The minimum atomic E-state index is -0.232. The number of aromatic nitrogens is 2. The Morgan fingerprint density at radius 2 is 2.11 bits per heavy atom. The van der Waals surface area contributed by atoms with E-state index in [0.29, 0.717) is 17.5 Å². The summed E-state index contributed by atoms with van der Waals surface area (Å²) in [4.78, 5) is 16.7. The Bertz CT molecular complexity index is 949. The van der Waals surface area contributed by atoms with Crippen molar-refractivity contribution in [3.05, 3.63) is 58.9 Å². The quantitative estimate of drug-likeness (QED) is 0.627. The molecule has 3 aromatic rings. The van der Waals surface area contributed by atoms with Gasteiger partial charge in [-0.25, -0.2) is 9.78 Å². The van der Waals surface area contributed by atoms with E-state index in [9.17, 15) is 4.79 Å². The molecule has 0 saturated carbocycles. The van der Waals surface area contributed by atoms with Crippen LogP contribution in [0.5, 0.6) is 0 Å². The number of hydrogen-bond acceptors (Lipinski definition) is 2. The minimum absolute atomic E-state index is 0.232. The molecule has 2 amide bonds. The van der Waals surface area contributed by atoms with E-state index in [2.05, 4.69) is 46.3 Å². The Balaban J connectivity index is 1.63. The Labute approximate surface area is 164 Å². The maximum absolute atomic E-state index is 12.2. The van der Waals surface area contributed by atoms with Crippen LogP contribution >= 0.6 is 11.6 Å². The summed E-state index contributed by atoms with van der Waals surface area (Å²) >= 11 is 6.00. The summed E-state index contributed by atoms with van der Waals surface area (Å²) in [5.41, 5.74) is 3.88. The largest absolute Gasteiger partial charge is 0.338 e. The molecule has 0 aliphatic heterocycles. The van der Waals surface area contributed by atoms with Crippen LogP contribution in [0.4, 0.5) is 10.5 Å². The van der Waals surface area contributed by atoms with Crippen molar-refractivity contribution >= 4 is 34.4 Å². The molecular formula is C21H25ClN4O. The minimum Gasteiger partial charge on any atom is -0.338 e. The average molecular weight is 385 g/mol. The van der Waals surface area contributed by atoms with Gasteiger partial charge in [0.15, 0.2) is 0 Å². The second-order valence-corrected chi connectivity index (χ2v) is 7.60. The van der Waals surface area contributed by atoms with E-state index in [0.717, 1.165) is 35.2 Å². The molecule has 0 unspecified atom stereocenters. The van der Waals surface area contributed by atoms with Crippen molar-refractivity contribution < 1.29 is 4.79 Å². The molecule has 1 aromatic carbocycles. The number of carbonyl (C=O) groups excluding carboxylic acids is 1. The molecule has 142 valence electrons. The molecule has 0 fully saturated rings. The topological polar surface area (TPSA) is 59.0 Å². The summed E-state index contributed by atoms with van der Waals surface area (Å²) in [5, 5.41) is 7.51. The smallest absolute Gasteiger partial charge is 0.319 e. The zero-order valence-electron chi connectivity index (χ0n) is 15.9. The van der Waals surface area contributed by atoms with Crippen LogP contribution in [0.1, 0.15) is 25.0 Å². The molecule has 0 spiro atoms. The third kappa shape index (κ3) is 4.80. The third-order valence-corrected chi connectivity index (χ3v) is 4.64. The summed E-state index contributed by atoms with van der Waals surface area (Å²) in [7, 11) is 0. The van der Waals surface area contributed by atoms with Crippen LogP contribution in [-0.4, -0.2) is 22.1 Å². The summed E-state index contributed by atoms with van der Waals surface area (Å²) < 4.78 is 2.20. The van der Waals surface area contributed by atoms with Crippen LogP contribution in [0.3, 0.4) is 0 Å². The molecule has 0 atom stereocenters. The van der Waals surface area contributed by atoms with Gasteiger partial charge in [0.25, 0.3) is 0 Å². The third-order valence-electron chi connectivity index (χ3n) is 4.41. The van der Waals surface area contributed by atoms with Crippen molar-refractivity contribution in [1.29, 1.82) is 0 Å². The Kier molecular flexibility index (Phi) is 6.01. The SMILES string of the molecule is Cc1ccc(Cl)cc1NC(=O)NCCc1cn(CC(C)C)c2ncccc12. The van der Waals surface area contributed by atoms with E-state index in [1.807, 2.05) is 25.3 Å². The number of hydrogen-bond donors (Lipinski definition) is 2. The molecule has 2 heterocycles. The van der Waals surface area contributed by atoms with Crippen molar-refractivity contribution in [2.75, 3.05) is 11.9 Å². The number of aryl methyl sites for hydroxylation is 1. The molecule has 0 saturated heterocycles. The van der Waals surface area contributed by atoms with Crippen LogP contribution in [0, 0.1) is 12.8 Å². The first-order valence-electron chi connectivity index (χ1n) is 9.18. The molecule has 3 rings (SSSR count). The predicted molar refractivity (Wildman–Crippen MR) is 111 cm³/mol. The van der Waals surface area contributed by atoms with Crippen molar-refractivity contribution in [2.24, 2.45) is 5.92 Å². The number of urea groups is 1. The second-order valence-electron chi connectivity index (χ2n) is 7.17. The van der Waals surface area contributed by atoms with E-state index in [1.165, 1.54) is 5.56 Å². The fourth-order valence-corrected chi connectivity index (χ4v) is 3.31. The van der Waals surface area contributed by atoms with Gasteiger partial charge in [0.05, 0.1) is 0 Å². The van der Waals surface area contributed by atoms with Crippen LogP contribution in [0.2, 0.25) is 5.02 Å². The number of nitrogens with zero attached hydrogens (tertiary/aromatic N) is 2. The van der Waals surface area contributed by atoms with Gasteiger partial charge in [-0.3, -0.25) is 0 Å². The molecule has 5 nitrogen and oxygen atoms in total. The van der Waals surface area contributed by atoms with E-state index in [1.54, 1.807) is 12.1 Å². The fourth-order valence-electron chi connectivity index (χ4n) is 3.13. The first kappa shape index (κ1) is 19.2. The Hall–Kier alpha value is -2.53. The molecule has 6 heteroatoms. The number of rotatable bonds is 6. The van der Waals surface area contributed by atoms with Crippen LogP contribution in [0.25, 0.3) is 11.0 Å². The van der Waals surface area contributed by atoms with E-state index in [4.69, 9.17) is 11.6 Å². The highest BCUT2D eigenvalue weighted by Crippen LogP contribution is 2.21. The van der Waals surface area contributed by atoms with Crippen LogP contribution in [0.15, 0.2) is 42.7 Å². The number of anilines is 1. The van der Waals surface area contributed by atoms with Gasteiger partial charge in [-0.05, 0) is 54.7 Å². The number of benzene rings is 1. The molecule has 0 aliphatic carbocycles. The fraction of sp³-hybridized carbons (Fsp3) is 0.333. The second kappa shape index (κ2) is 8.44. The zero-order chi connectivity index (χ0) is 19.4. The molecule has 27 heavy (non-hydrogen) atoms. The number of nitrogens with one attached hydrogen (secondary N) is 2. The molecule has 2 N–H and O–H groups in total. The first-order chi connectivity index (χ1) is 12.9. The number of pyridine rings is 1. The first-order valence-corrected chi connectivity index (χ1v) is 9.55. The van der Waals surface area contributed by atoms with Crippen molar-refractivity contribution in [3.8, 4) is 0 Å². The number of fused-ring (bicyclic) bond motifs is 1. The van der Waals surface area contributed by atoms with Gasteiger partial charge in [0.2, 0.25) is 0 Å². The lowest BCUT2D eigenvalue weighted by Crippen LogP contribution is -2.30. The van der Waals surface area contributed by atoms with Gasteiger partial charge in [-0.2, -0.15) is 0 Å². The molecule has 2 aromatic heterocycles. The number of amides is 2. The van der Waals surface area contributed by atoms with Crippen LogP contribution in [-0.2, 0) is 13.0 Å². The summed E-state index contributed by atoms with van der Waals surface area (Å²) in [6.45, 7) is 7.79. The lowest BCUT2D eigenvalue weighted by Gasteiger charge is -2.10. The molecule has 0 radical (unpaired) electrons. The standard InChI is InChI=1S/C21H25ClN4O/c1-14(2)12-26-13-16(18-5-4-9-23-20(18)26)8-10-24-21(27)25-19-11-17(22)7-6-15(19)3/h4-7,9,11,13-14H,8,10,12H2,1-3H3,(H2,24,25,27). The zero-order valence-corrected chi connectivity index (χ0v) is 16.7. The molecular weight excluding hydrogens is 360 g/mol. The summed E-state index contributed by atoms with van der Waals surface area (Å²) in [6.07, 6.45) is 4.72. The van der Waals surface area contributed by atoms with Crippen molar-refractivity contribution in [3.63, 3.8) is 0 Å². The maximum Gasteiger partial charge on any atom is 0.319 e. The normalized spacial score (nSPS) is 11.1. The lowest BCUT2D eigenvalue weighted by atomic mass is 10.1. The Morgan fingerprint density at radius 1 is 1.30 bits per heavy atom. The highest BCUT2D eigenvalue weighted by molar-refractivity contribution is 6.31. The van der Waals surface area contributed by atoms with Gasteiger partial charge < -0.3 is 15.2 Å². The predicted octanol–water partition coefficient (Wildman–Crippen LogP) is 5.02. The van der Waals surface area contributed by atoms with E-state index in [-0.39, 0.29) is 6.03 Å². The van der Waals surface area contributed by atoms with Crippen molar-refractivity contribution in [1.82, 2.24) is 14.9 Å². The monoisotopic (exact) mass is 384 g/mol.